The van der Waals surface area contributed by atoms with Gasteiger partial charge in [-0.1, -0.05) is 34.1 Å². The summed E-state index contributed by atoms with van der Waals surface area (Å²) < 4.78 is 2.85. The first-order valence-corrected chi connectivity index (χ1v) is 6.07. The van der Waals surface area contributed by atoms with E-state index in [4.69, 9.17) is 0 Å². The van der Waals surface area contributed by atoms with E-state index in [2.05, 4.69) is 49.1 Å². The van der Waals surface area contributed by atoms with E-state index in [0.29, 0.717) is 0 Å². The maximum atomic E-state index is 4.24. The summed E-state index contributed by atoms with van der Waals surface area (Å²) in [4.78, 5) is 0. The van der Waals surface area contributed by atoms with E-state index >= 15 is 0 Å². The second-order valence-corrected chi connectivity index (χ2v) is 4.34. The van der Waals surface area contributed by atoms with Crippen molar-refractivity contribution >= 4 is 31.9 Å². The number of aromatic nitrogens is 2. The molecule has 4 heteroatoms. The van der Waals surface area contributed by atoms with Gasteiger partial charge in [-0.05, 0) is 27.6 Å². The second-order valence-electron chi connectivity index (χ2n) is 2.87. The average Bonchev–Trinajstić information content (AvgIpc) is 2.65. The predicted molar refractivity (Wildman–Crippen MR) is 63.9 cm³/mol. The summed E-state index contributed by atoms with van der Waals surface area (Å²) in [7, 11) is 0. The molecule has 14 heavy (non-hydrogen) atoms. The number of nitrogens with zero attached hydrogens (tertiary/aromatic N) is 2. The molecule has 2 rings (SSSR count). The molecule has 1 heterocycles. The van der Waals surface area contributed by atoms with E-state index in [1.165, 1.54) is 5.56 Å². The van der Waals surface area contributed by atoms with Crippen LogP contribution in [0.4, 0.5) is 0 Å². The monoisotopic (exact) mass is 314 g/mol. The van der Waals surface area contributed by atoms with E-state index < -0.39 is 0 Å². The van der Waals surface area contributed by atoms with Crippen molar-refractivity contribution in [3.63, 3.8) is 0 Å². The smallest absolute Gasteiger partial charge is 0.0686 e. The molecular formula is C10H8Br2N2. The van der Waals surface area contributed by atoms with Crippen molar-refractivity contribution in [2.75, 3.05) is 0 Å². The van der Waals surface area contributed by atoms with Gasteiger partial charge in [-0.15, -0.1) is 0 Å². The van der Waals surface area contributed by atoms with Crippen molar-refractivity contribution in [3.8, 4) is 5.69 Å². The van der Waals surface area contributed by atoms with E-state index in [0.717, 1.165) is 15.5 Å². The summed E-state index contributed by atoms with van der Waals surface area (Å²) in [6.07, 6.45) is 3.73. The number of halogens is 2. The molecule has 0 N–H and O–H groups in total. The first-order chi connectivity index (χ1) is 6.81. The molecule has 0 aliphatic carbocycles. The van der Waals surface area contributed by atoms with Gasteiger partial charge in [0.2, 0.25) is 0 Å². The van der Waals surface area contributed by atoms with Crippen molar-refractivity contribution in [1.82, 2.24) is 9.78 Å². The lowest BCUT2D eigenvalue weighted by atomic mass is 10.2. The maximum absolute atomic E-state index is 4.24. The number of benzene rings is 1. The fourth-order valence-corrected chi connectivity index (χ4v) is 2.04. The Morgan fingerprint density at radius 3 is 2.71 bits per heavy atom. The standard InChI is InChI=1S/C10H8Br2N2/c11-5-8-3-1-2-4-10(8)14-7-9(12)6-13-14/h1-4,6-7H,5H2. The molecule has 0 spiro atoms. The third-order valence-electron chi connectivity index (χ3n) is 1.93. The quantitative estimate of drug-likeness (QED) is 0.775. The molecule has 0 aliphatic rings. The molecule has 0 fully saturated rings. The summed E-state index contributed by atoms with van der Waals surface area (Å²) in [6, 6.07) is 8.17. The molecule has 2 aromatic rings. The molecule has 1 aromatic heterocycles. The number of hydrogen-bond acceptors (Lipinski definition) is 1. The van der Waals surface area contributed by atoms with E-state index in [1.807, 2.05) is 23.0 Å². The first-order valence-electron chi connectivity index (χ1n) is 4.15. The van der Waals surface area contributed by atoms with Crippen LogP contribution in [0.15, 0.2) is 41.1 Å². The minimum absolute atomic E-state index is 0.834. The lowest BCUT2D eigenvalue weighted by molar-refractivity contribution is 0.872. The number of rotatable bonds is 2. The Bertz CT molecular complexity index is 437. The van der Waals surface area contributed by atoms with Gasteiger partial charge in [0, 0.05) is 11.5 Å². The SMILES string of the molecule is BrCc1ccccc1-n1cc(Br)cn1. The Hall–Kier alpha value is -0.610. The lowest BCUT2D eigenvalue weighted by Gasteiger charge is -2.05. The average molecular weight is 316 g/mol. The summed E-state index contributed by atoms with van der Waals surface area (Å²) in [5.41, 5.74) is 2.33. The number of alkyl halides is 1. The van der Waals surface area contributed by atoms with Gasteiger partial charge >= 0.3 is 0 Å². The fraction of sp³-hybridized carbons (Fsp3) is 0.100. The normalized spacial score (nSPS) is 10.4. The van der Waals surface area contributed by atoms with Crippen LogP contribution in [0, 0.1) is 0 Å². The molecule has 2 nitrogen and oxygen atoms in total. The Morgan fingerprint density at radius 2 is 2.07 bits per heavy atom. The van der Waals surface area contributed by atoms with Crippen LogP contribution >= 0.6 is 31.9 Å². The molecule has 0 amide bonds. The van der Waals surface area contributed by atoms with Crippen LogP contribution in [0.3, 0.4) is 0 Å². The van der Waals surface area contributed by atoms with Gasteiger partial charge in [0.15, 0.2) is 0 Å². The summed E-state index contributed by atoms with van der Waals surface area (Å²) in [6.45, 7) is 0. The Morgan fingerprint density at radius 1 is 1.29 bits per heavy atom. The minimum Gasteiger partial charge on any atom is -0.240 e. The predicted octanol–water partition coefficient (Wildman–Crippen LogP) is 3.53. The minimum atomic E-state index is 0.834. The van der Waals surface area contributed by atoms with Gasteiger partial charge in [-0.25, -0.2) is 4.68 Å². The lowest BCUT2D eigenvalue weighted by Crippen LogP contribution is -1.97. The second kappa shape index (κ2) is 4.28. The number of para-hydroxylation sites is 1. The van der Waals surface area contributed by atoms with Gasteiger partial charge in [0.25, 0.3) is 0 Å². The van der Waals surface area contributed by atoms with Crippen molar-refractivity contribution in [3.05, 3.63) is 46.7 Å². The highest BCUT2D eigenvalue weighted by atomic mass is 79.9. The van der Waals surface area contributed by atoms with Crippen LogP contribution < -0.4 is 0 Å². The molecule has 0 aliphatic heterocycles. The van der Waals surface area contributed by atoms with Crippen LogP contribution in [0.1, 0.15) is 5.56 Å². The molecule has 72 valence electrons. The zero-order chi connectivity index (χ0) is 9.97. The summed E-state index contributed by atoms with van der Waals surface area (Å²) >= 11 is 6.84. The zero-order valence-corrected chi connectivity index (χ0v) is 10.5. The molecule has 0 radical (unpaired) electrons. The molecular weight excluding hydrogens is 308 g/mol. The van der Waals surface area contributed by atoms with Gasteiger partial charge < -0.3 is 0 Å². The van der Waals surface area contributed by atoms with Crippen LogP contribution in [-0.4, -0.2) is 9.78 Å². The van der Waals surface area contributed by atoms with E-state index in [1.54, 1.807) is 6.20 Å². The summed E-state index contributed by atoms with van der Waals surface area (Å²) in [5.74, 6) is 0. The van der Waals surface area contributed by atoms with Gasteiger partial charge in [0.05, 0.1) is 16.4 Å². The topological polar surface area (TPSA) is 17.8 Å². The van der Waals surface area contributed by atoms with Crippen LogP contribution in [0.5, 0.6) is 0 Å². The van der Waals surface area contributed by atoms with E-state index in [-0.39, 0.29) is 0 Å². The van der Waals surface area contributed by atoms with Crippen LogP contribution in [-0.2, 0) is 5.33 Å². The van der Waals surface area contributed by atoms with Crippen LogP contribution in [0.25, 0.3) is 5.69 Å². The van der Waals surface area contributed by atoms with Gasteiger partial charge in [-0.3, -0.25) is 0 Å². The number of hydrogen-bond donors (Lipinski definition) is 0. The molecule has 0 saturated carbocycles. The van der Waals surface area contributed by atoms with Crippen molar-refractivity contribution in [2.24, 2.45) is 0 Å². The Kier molecular flexibility index (Phi) is 3.03. The highest BCUT2D eigenvalue weighted by molar-refractivity contribution is 9.10. The van der Waals surface area contributed by atoms with Gasteiger partial charge in [0.1, 0.15) is 0 Å². The fourth-order valence-electron chi connectivity index (χ4n) is 1.28. The Labute approximate surface area is 99.2 Å². The van der Waals surface area contributed by atoms with Crippen molar-refractivity contribution in [1.29, 1.82) is 0 Å². The van der Waals surface area contributed by atoms with Crippen molar-refractivity contribution < 1.29 is 0 Å². The molecule has 0 unspecified atom stereocenters. The van der Waals surface area contributed by atoms with Crippen molar-refractivity contribution in [2.45, 2.75) is 5.33 Å². The highest BCUT2D eigenvalue weighted by Gasteiger charge is 2.03. The molecule has 0 saturated heterocycles. The largest absolute Gasteiger partial charge is 0.240 e. The van der Waals surface area contributed by atoms with E-state index in [9.17, 15) is 0 Å². The Balaban J connectivity index is 2.50. The third-order valence-corrected chi connectivity index (χ3v) is 2.95. The maximum Gasteiger partial charge on any atom is 0.0686 e. The third kappa shape index (κ3) is 1.91. The molecule has 0 bridgehead atoms. The van der Waals surface area contributed by atoms with Crippen LogP contribution in [0.2, 0.25) is 0 Å². The molecule has 1 aromatic carbocycles. The molecule has 0 atom stereocenters. The first kappa shape index (κ1) is 9.93. The van der Waals surface area contributed by atoms with Gasteiger partial charge in [-0.2, -0.15) is 5.10 Å². The summed E-state index contributed by atoms with van der Waals surface area (Å²) in [5, 5.41) is 5.08. The zero-order valence-electron chi connectivity index (χ0n) is 7.32. The highest BCUT2D eigenvalue weighted by Crippen LogP contribution is 2.18.